The van der Waals surface area contributed by atoms with E-state index < -0.39 is 0 Å². The van der Waals surface area contributed by atoms with Crippen molar-refractivity contribution >= 4 is 0 Å². The first-order chi connectivity index (χ1) is 4.20. The van der Waals surface area contributed by atoms with Gasteiger partial charge in [-0.3, -0.25) is 0 Å². The Labute approximate surface area is 58.2 Å². The topological polar surface area (TPSA) is 15.3 Å². The Morgan fingerprint density at radius 1 is 1.44 bits per heavy atom. The molecule has 0 fully saturated rings. The number of nitrogens with one attached hydrogen (secondary N) is 1. The molecule has 0 aromatic heterocycles. The van der Waals surface area contributed by atoms with Gasteiger partial charge in [0, 0.05) is 12.6 Å². The quantitative estimate of drug-likeness (QED) is 0.597. The fourth-order valence-electron chi connectivity index (χ4n) is 0.865. The third-order valence-corrected chi connectivity index (χ3v) is 1.49. The van der Waals surface area contributed by atoms with E-state index in [1.54, 1.807) is 0 Å². The summed E-state index contributed by atoms with van der Waals surface area (Å²) in [7, 11) is 6.21. The lowest BCUT2D eigenvalue weighted by atomic mass is 10.2. The average Bonchev–Trinajstić information content (AvgIpc) is 1.82. The first-order valence-electron chi connectivity index (χ1n) is 3.52. The van der Waals surface area contributed by atoms with E-state index in [-0.39, 0.29) is 0 Å². The first kappa shape index (κ1) is 8.92. The van der Waals surface area contributed by atoms with Gasteiger partial charge in [0.1, 0.15) is 0 Å². The van der Waals surface area contributed by atoms with Crippen molar-refractivity contribution < 1.29 is 0 Å². The summed E-state index contributed by atoms with van der Waals surface area (Å²) >= 11 is 0. The highest BCUT2D eigenvalue weighted by atomic mass is 15.1. The molecule has 1 atom stereocenters. The molecule has 56 valence electrons. The van der Waals surface area contributed by atoms with Gasteiger partial charge in [-0.2, -0.15) is 0 Å². The second kappa shape index (κ2) is 4.77. The van der Waals surface area contributed by atoms with E-state index in [9.17, 15) is 0 Å². The lowest BCUT2D eigenvalue weighted by Gasteiger charge is -2.18. The van der Waals surface area contributed by atoms with E-state index in [1.165, 1.54) is 6.42 Å². The van der Waals surface area contributed by atoms with Crippen LogP contribution in [0.15, 0.2) is 0 Å². The molecule has 0 bridgehead atoms. The molecule has 0 rings (SSSR count). The van der Waals surface area contributed by atoms with Gasteiger partial charge in [0.2, 0.25) is 0 Å². The second-order valence-corrected chi connectivity index (χ2v) is 2.66. The van der Waals surface area contributed by atoms with E-state index in [4.69, 9.17) is 0 Å². The van der Waals surface area contributed by atoms with Crippen LogP contribution in [0.5, 0.6) is 0 Å². The maximum absolute atomic E-state index is 3.24. The van der Waals surface area contributed by atoms with Gasteiger partial charge >= 0.3 is 0 Å². The zero-order chi connectivity index (χ0) is 7.28. The van der Waals surface area contributed by atoms with Crippen LogP contribution in [0.4, 0.5) is 0 Å². The summed E-state index contributed by atoms with van der Waals surface area (Å²) in [5.74, 6) is 0. The Morgan fingerprint density at radius 2 is 2.00 bits per heavy atom. The van der Waals surface area contributed by atoms with Crippen LogP contribution in [0.2, 0.25) is 0 Å². The summed E-state index contributed by atoms with van der Waals surface area (Å²) in [5.41, 5.74) is 0. The molecule has 0 aliphatic heterocycles. The normalized spacial score (nSPS) is 14.3. The molecule has 0 saturated carbocycles. The molecule has 0 radical (unpaired) electrons. The van der Waals surface area contributed by atoms with Crippen molar-refractivity contribution in [2.75, 3.05) is 27.7 Å². The fourth-order valence-corrected chi connectivity index (χ4v) is 0.865. The third-order valence-electron chi connectivity index (χ3n) is 1.49. The molecule has 0 saturated heterocycles. The van der Waals surface area contributed by atoms with Gasteiger partial charge in [0.05, 0.1) is 0 Å². The Bertz CT molecular complexity index is 57.9. The molecular weight excluding hydrogens is 112 g/mol. The van der Waals surface area contributed by atoms with Crippen LogP contribution >= 0.6 is 0 Å². The Hall–Kier alpha value is -0.0800. The van der Waals surface area contributed by atoms with Crippen LogP contribution in [0.3, 0.4) is 0 Å². The van der Waals surface area contributed by atoms with Crippen molar-refractivity contribution in [3.05, 3.63) is 0 Å². The van der Waals surface area contributed by atoms with Gasteiger partial charge in [-0.15, -0.1) is 0 Å². The molecule has 9 heavy (non-hydrogen) atoms. The van der Waals surface area contributed by atoms with Crippen molar-refractivity contribution in [3.63, 3.8) is 0 Å². The fraction of sp³-hybridized carbons (Fsp3) is 1.00. The highest BCUT2D eigenvalue weighted by Gasteiger charge is 2.01. The molecule has 0 aliphatic carbocycles. The van der Waals surface area contributed by atoms with Crippen molar-refractivity contribution in [3.8, 4) is 0 Å². The molecule has 0 aromatic rings. The number of likely N-dealkylation sites (N-methyl/N-ethyl adjacent to an activating group) is 2. The van der Waals surface area contributed by atoms with E-state index in [2.05, 4.69) is 31.2 Å². The Balaban J connectivity index is 3.31. The third kappa shape index (κ3) is 4.43. The van der Waals surface area contributed by atoms with Gasteiger partial charge in [-0.25, -0.2) is 0 Å². The molecule has 0 unspecified atom stereocenters. The lowest BCUT2D eigenvalue weighted by Crippen LogP contribution is -2.35. The van der Waals surface area contributed by atoms with Gasteiger partial charge in [-0.05, 0) is 27.6 Å². The predicted octanol–water partition coefficient (Wildman–Crippen LogP) is 0.546. The van der Waals surface area contributed by atoms with E-state index in [0.717, 1.165) is 6.54 Å². The number of hydrogen-bond donors (Lipinski definition) is 1. The summed E-state index contributed by atoms with van der Waals surface area (Å²) < 4.78 is 0. The number of hydrogen-bond acceptors (Lipinski definition) is 2. The molecular formula is C7H18N2. The van der Waals surface area contributed by atoms with Crippen LogP contribution < -0.4 is 5.32 Å². The molecule has 0 spiro atoms. The Kier molecular flexibility index (Phi) is 4.72. The van der Waals surface area contributed by atoms with Crippen LogP contribution in [-0.4, -0.2) is 38.6 Å². The van der Waals surface area contributed by atoms with Gasteiger partial charge in [0.15, 0.2) is 0 Å². The molecule has 1 N–H and O–H groups in total. The minimum atomic E-state index is 0.653. The number of rotatable bonds is 4. The smallest absolute Gasteiger partial charge is 0.0189 e. The highest BCUT2D eigenvalue weighted by molar-refractivity contribution is 4.63. The zero-order valence-corrected chi connectivity index (χ0v) is 6.94. The standard InChI is InChI=1S/C7H18N2/c1-5-7(8-2)6-9(3)4/h7-8H,5-6H2,1-4H3/t7-/m0/s1. The van der Waals surface area contributed by atoms with Crippen LogP contribution in [0.25, 0.3) is 0 Å². The maximum atomic E-state index is 3.24. The van der Waals surface area contributed by atoms with E-state index in [1.807, 2.05) is 7.05 Å². The van der Waals surface area contributed by atoms with Gasteiger partial charge < -0.3 is 10.2 Å². The Morgan fingerprint density at radius 3 is 2.11 bits per heavy atom. The average molecular weight is 130 g/mol. The van der Waals surface area contributed by atoms with Crippen LogP contribution in [-0.2, 0) is 0 Å². The summed E-state index contributed by atoms with van der Waals surface area (Å²) in [5, 5.41) is 3.24. The van der Waals surface area contributed by atoms with Crippen molar-refractivity contribution in [2.45, 2.75) is 19.4 Å². The largest absolute Gasteiger partial charge is 0.316 e. The van der Waals surface area contributed by atoms with Gasteiger partial charge in [0.25, 0.3) is 0 Å². The van der Waals surface area contributed by atoms with Crippen molar-refractivity contribution in [1.29, 1.82) is 0 Å². The SMILES string of the molecule is CC[C@@H](CN(C)C)NC. The summed E-state index contributed by atoms with van der Waals surface area (Å²) in [4.78, 5) is 2.20. The minimum Gasteiger partial charge on any atom is -0.316 e. The second-order valence-electron chi connectivity index (χ2n) is 2.66. The monoisotopic (exact) mass is 130 g/mol. The van der Waals surface area contributed by atoms with E-state index >= 15 is 0 Å². The predicted molar refractivity (Wildman–Crippen MR) is 41.7 cm³/mol. The number of nitrogens with zero attached hydrogens (tertiary/aromatic N) is 1. The molecule has 0 heterocycles. The minimum absolute atomic E-state index is 0.653. The van der Waals surface area contributed by atoms with Crippen molar-refractivity contribution in [2.24, 2.45) is 0 Å². The molecule has 2 heteroatoms. The highest BCUT2D eigenvalue weighted by Crippen LogP contribution is 1.89. The molecule has 0 aliphatic rings. The van der Waals surface area contributed by atoms with Crippen molar-refractivity contribution in [1.82, 2.24) is 10.2 Å². The zero-order valence-electron chi connectivity index (χ0n) is 6.94. The van der Waals surface area contributed by atoms with Gasteiger partial charge in [-0.1, -0.05) is 6.92 Å². The lowest BCUT2D eigenvalue weighted by molar-refractivity contribution is 0.343. The molecule has 0 aromatic carbocycles. The summed E-state index contributed by atoms with van der Waals surface area (Å²) in [6.07, 6.45) is 1.20. The van der Waals surface area contributed by atoms with E-state index in [0.29, 0.717) is 6.04 Å². The molecule has 2 nitrogen and oxygen atoms in total. The maximum Gasteiger partial charge on any atom is 0.0189 e. The van der Waals surface area contributed by atoms with Crippen LogP contribution in [0, 0.1) is 0 Å². The summed E-state index contributed by atoms with van der Waals surface area (Å²) in [6.45, 7) is 3.33. The van der Waals surface area contributed by atoms with Crippen LogP contribution in [0.1, 0.15) is 13.3 Å². The summed E-state index contributed by atoms with van der Waals surface area (Å²) in [6, 6.07) is 0.653. The molecule has 0 amide bonds. The first-order valence-corrected chi connectivity index (χ1v) is 3.52.